The van der Waals surface area contributed by atoms with E-state index in [1.54, 1.807) is 30.7 Å². The van der Waals surface area contributed by atoms with Crippen LogP contribution in [-0.4, -0.2) is 34.1 Å². The lowest BCUT2D eigenvalue weighted by Gasteiger charge is -2.18. The number of aliphatic hydroxyl groups is 1. The molecule has 2 rings (SSSR count). The van der Waals surface area contributed by atoms with Crippen molar-refractivity contribution in [1.82, 2.24) is 15.3 Å². The molecule has 0 saturated carbocycles. The number of nitrogens with zero attached hydrogens (tertiary/aromatic N) is 2. The molecule has 6 heteroatoms. The molecule has 0 fully saturated rings. The van der Waals surface area contributed by atoms with Crippen molar-refractivity contribution in [2.24, 2.45) is 11.8 Å². The Balaban J connectivity index is 1.96. The van der Waals surface area contributed by atoms with Crippen molar-refractivity contribution in [1.29, 1.82) is 0 Å². The molecule has 0 aliphatic heterocycles. The van der Waals surface area contributed by atoms with Crippen LogP contribution in [0.5, 0.6) is 0 Å². The van der Waals surface area contributed by atoms with Gasteiger partial charge in [-0.2, -0.15) is 0 Å². The van der Waals surface area contributed by atoms with Gasteiger partial charge in [-0.05, 0) is 42.9 Å². The van der Waals surface area contributed by atoms with Crippen molar-refractivity contribution in [3.05, 3.63) is 48.4 Å². The maximum absolute atomic E-state index is 12.4. The topological polar surface area (TPSA) is 87.1 Å². The number of hydrogen-bond acceptors (Lipinski definition) is 5. The Morgan fingerprint density at radius 3 is 2.80 bits per heavy atom. The van der Waals surface area contributed by atoms with Gasteiger partial charge in [0.2, 0.25) is 0 Å². The van der Waals surface area contributed by atoms with Crippen molar-refractivity contribution in [3.63, 3.8) is 0 Å². The Morgan fingerprint density at radius 1 is 1.28 bits per heavy atom. The molecule has 1 heterocycles. The largest absolute Gasteiger partial charge is 0.396 e. The molecular weight excluding hydrogens is 316 g/mol. The van der Waals surface area contributed by atoms with Gasteiger partial charge in [0.25, 0.3) is 5.91 Å². The Hall–Kier alpha value is -2.47. The Morgan fingerprint density at radius 2 is 2.12 bits per heavy atom. The minimum Gasteiger partial charge on any atom is -0.396 e. The fraction of sp³-hybridized carbons (Fsp3) is 0.421. The lowest BCUT2D eigenvalue weighted by atomic mass is 9.94. The number of aliphatic hydroxyl groups excluding tert-OH is 1. The number of anilines is 2. The molecule has 1 unspecified atom stereocenters. The number of benzene rings is 1. The zero-order valence-electron chi connectivity index (χ0n) is 14.8. The normalized spacial score (nSPS) is 12.0. The van der Waals surface area contributed by atoms with Gasteiger partial charge in [0.15, 0.2) is 0 Å². The van der Waals surface area contributed by atoms with Crippen LogP contribution in [0.4, 0.5) is 11.5 Å². The predicted molar refractivity (Wildman–Crippen MR) is 98.7 cm³/mol. The average molecular weight is 342 g/mol. The fourth-order valence-corrected chi connectivity index (χ4v) is 2.74. The molecule has 1 amide bonds. The summed E-state index contributed by atoms with van der Waals surface area (Å²) < 4.78 is 0. The van der Waals surface area contributed by atoms with E-state index >= 15 is 0 Å². The second kappa shape index (κ2) is 9.74. The van der Waals surface area contributed by atoms with E-state index in [1.165, 1.54) is 0 Å². The number of aromatic nitrogens is 2. The van der Waals surface area contributed by atoms with E-state index in [0.29, 0.717) is 30.3 Å². The van der Waals surface area contributed by atoms with Gasteiger partial charge in [0, 0.05) is 36.8 Å². The van der Waals surface area contributed by atoms with Gasteiger partial charge in [-0.1, -0.05) is 19.9 Å². The third-order valence-electron chi connectivity index (χ3n) is 3.85. The minimum absolute atomic E-state index is 0.116. The van der Waals surface area contributed by atoms with Crippen LogP contribution in [0.15, 0.2) is 42.9 Å². The highest BCUT2D eigenvalue weighted by molar-refractivity contribution is 5.95. The summed E-state index contributed by atoms with van der Waals surface area (Å²) in [6.45, 7) is 5.01. The summed E-state index contributed by atoms with van der Waals surface area (Å²) in [5, 5.41) is 15.3. The van der Waals surface area contributed by atoms with Gasteiger partial charge in [0.05, 0.1) is 6.20 Å². The van der Waals surface area contributed by atoms with E-state index in [2.05, 4.69) is 34.4 Å². The third-order valence-corrected chi connectivity index (χ3v) is 3.85. The first-order valence-electron chi connectivity index (χ1n) is 8.60. The summed E-state index contributed by atoms with van der Waals surface area (Å²) in [6.07, 6.45) is 6.52. The number of carbonyl (C=O) groups excluding carboxylic acids is 1. The van der Waals surface area contributed by atoms with E-state index < -0.39 is 0 Å². The highest BCUT2D eigenvalue weighted by Gasteiger charge is 2.13. The van der Waals surface area contributed by atoms with Crippen LogP contribution in [0.2, 0.25) is 0 Å². The minimum atomic E-state index is -0.116. The third kappa shape index (κ3) is 6.51. The summed E-state index contributed by atoms with van der Waals surface area (Å²) in [5.41, 5.74) is 1.36. The molecule has 0 bridgehead atoms. The van der Waals surface area contributed by atoms with E-state index in [4.69, 9.17) is 0 Å². The molecule has 3 N–H and O–H groups in total. The maximum Gasteiger partial charge on any atom is 0.251 e. The molecule has 0 radical (unpaired) electrons. The molecular formula is C19H26N4O2. The van der Waals surface area contributed by atoms with Crippen LogP contribution >= 0.6 is 0 Å². The number of carbonyl (C=O) groups is 1. The number of rotatable bonds is 9. The summed E-state index contributed by atoms with van der Waals surface area (Å²) in [5.74, 6) is 1.33. The molecule has 134 valence electrons. The zero-order valence-corrected chi connectivity index (χ0v) is 14.8. The van der Waals surface area contributed by atoms with Gasteiger partial charge in [-0.25, -0.2) is 4.98 Å². The van der Waals surface area contributed by atoms with Gasteiger partial charge in [-0.3, -0.25) is 9.78 Å². The second-order valence-electron chi connectivity index (χ2n) is 6.51. The van der Waals surface area contributed by atoms with E-state index in [-0.39, 0.29) is 18.4 Å². The average Bonchev–Trinajstić information content (AvgIpc) is 2.60. The smallest absolute Gasteiger partial charge is 0.251 e. The molecule has 0 aliphatic rings. The first-order chi connectivity index (χ1) is 12.1. The van der Waals surface area contributed by atoms with Crippen LogP contribution < -0.4 is 10.6 Å². The monoisotopic (exact) mass is 342 g/mol. The van der Waals surface area contributed by atoms with Crippen LogP contribution in [0.1, 0.15) is 37.0 Å². The number of amides is 1. The molecule has 1 aromatic heterocycles. The van der Waals surface area contributed by atoms with Crippen molar-refractivity contribution < 1.29 is 9.90 Å². The second-order valence-corrected chi connectivity index (χ2v) is 6.51. The molecule has 25 heavy (non-hydrogen) atoms. The van der Waals surface area contributed by atoms with Crippen molar-refractivity contribution in [3.8, 4) is 0 Å². The highest BCUT2D eigenvalue weighted by Crippen LogP contribution is 2.17. The molecule has 0 aliphatic carbocycles. The summed E-state index contributed by atoms with van der Waals surface area (Å²) in [4.78, 5) is 20.6. The Labute approximate surface area is 148 Å². The van der Waals surface area contributed by atoms with E-state index in [1.807, 2.05) is 12.1 Å². The lowest BCUT2D eigenvalue weighted by Crippen LogP contribution is -2.30. The van der Waals surface area contributed by atoms with Gasteiger partial charge >= 0.3 is 0 Å². The predicted octanol–water partition coefficient (Wildman–Crippen LogP) is 2.99. The maximum atomic E-state index is 12.4. The van der Waals surface area contributed by atoms with Crippen LogP contribution in [0, 0.1) is 11.8 Å². The molecule has 0 spiro atoms. The quantitative estimate of drug-likeness (QED) is 0.652. The van der Waals surface area contributed by atoms with Crippen molar-refractivity contribution in [2.45, 2.75) is 26.7 Å². The first kappa shape index (κ1) is 18.9. The van der Waals surface area contributed by atoms with Crippen molar-refractivity contribution >= 4 is 17.4 Å². The fourth-order valence-electron chi connectivity index (χ4n) is 2.74. The van der Waals surface area contributed by atoms with Gasteiger partial charge < -0.3 is 15.7 Å². The van der Waals surface area contributed by atoms with Crippen molar-refractivity contribution in [2.75, 3.05) is 18.5 Å². The Kier molecular flexibility index (Phi) is 7.35. The standard InChI is InChI=1S/C19H26N4O2/c1-14(2)10-15(6-9-24)12-22-19(25)16-4-3-5-17(11-16)23-18-13-20-7-8-21-18/h3-5,7-8,11,13-15,24H,6,9-10,12H2,1-2H3,(H,21,23)(H,22,25). The van der Waals surface area contributed by atoms with Gasteiger partial charge in [-0.15, -0.1) is 0 Å². The molecule has 2 aromatic rings. The van der Waals surface area contributed by atoms with Crippen LogP contribution in [0.3, 0.4) is 0 Å². The van der Waals surface area contributed by atoms with Crippen LogP contribution in [-0.2, 0) is 0 Å². The molecule has 0 saturated heterocycles. The van der Waals surface area contributed by atoms with Gasteiger partial charge in [0.1, 0.15) is 5.82 Å². The first-order valence-corrected chi connectivity index (χ1v) is 8.60. The SMILES string of the molecule is CC(C)CC(CCO)CNC(=O)c1cccc(Nc2cnccn2)c1. The number of hydrogen-bond donors (Lipinski definition) is 3. The van der Waals surface area contributed by atoms with Crippen LogP contribution in [0.25, 0.3) is 0 Å². The van der Waals surface area contributed by atoms with E-state index in [9.17, 15) is 9.90 Å². The highest BCUT2D eigenvalue weighted by atomic mass is 16.3. The molecule has 1 aromatic carbocycles. The molecule has 1 atom stereocenters. The van der Waals surface area contributed by atoms with E-state index in [0.717, 1.165) is 12.1 Å². The summed E-state index contributed by atoms with van der Waals surface area (Å²) in [7, 11) is 0. The molecule has 6 nitrogen and oxygen atoms in total. The summed E-state index contributed by atoms with van der Waals surface area (Å²) >= 11 is 0. The lowest BCUT2D eigenvalue weighted by molar-refractivity contribution is 0.0941. The summed E-state index contributed by atoms with van der Waals surface area (Å²) in [6, 6.07) is 7.26. The zero-order chi connectivity index (χ0) is 18.1. The number of nitrogens with one attached hydrogen (secondary N) is 2. The Bertz CT molecular complexity index is 661.